The number of nitriles is 1. The molecule has 0 spiro atoms. The summed E-state index contributed by atoms with van der Waals surface area (Å²) in [6.07, 6.45) is 4.27. The van der Waals surface area contributed by atoms with Crippen LogP contribution in [0.3, 0.4) is 0 Å². The molecular formula is C19H24N2O4. The van der Waals surface area contributed by atoms with E-state index in [4.69, 9.17) is 9.47 Å². The number of likely N-dealkylation sites (N-methyl/N-ethyl adjacent to an activating group) is 1. The van der Waals surface area contributed by atoms with Crippen molar-refractivity contribution in [3.8, 4) is 6.07 Å². The Labute approximate surface area is 148 Å². The van der Waals surface area contributed by atoms with Gasteiger partial charge in [-0.1, -0.05) is 31.4 Å². The quantitative estimate of drug-likeness (QED) is 0.741. The van der Waals surface area contributed by atoms with Crippen LogP contribution in [-0.2, 0) is 20.9 Å². The Morgan fingerprint density at radius 2 is 2.00 bits per heavy atom. The molecule has 0 aromatic heterocycles. The van der Waals surface area contributed by atoms with Crippen molar-refractivity contribution in [2.75, 3.05) is 20.8 Å². The van der Waals surface area contributed by atoms with E-state index in [1.165, 1.54) is 4.90 Å². The molecule has 1 aromatic rings. The molecule has 1 amide bonds. The summed E-state index contributed by atoms with van der Waals surface area (Å²) in [4.78, 5) is 26.0. The molecule has 0 bridgehead atoms. The molecule has 0 N–H and O–H groups in total. The maximum absolute atomic E-state index is 12.4. The van der Waals surface area contributed by atoms with Gasteiger partial charge in [0, 0.05) is 14.2 Å². The van der Waals surface area contributed by atoms with Crippen LogP contribution in [-0.4, -0.2) is 43.1 Å². The molecule has 1 fully saturated rings. The van der Waals surface area contributed by atoms with E-state index in [2.05, 4.69) is 6.07 Å². The van der Waals surface area contributed by atoms with Crippen LogP contribution >= 0.6 is 0 Å². The first-order valence-corrected chi connectivity index (χ1v) is 8.45. The van der Waals surface area contributed by atoms with Crippen LogP contribution in [0.2, 0.25) is 0 Å². The molecule has 0 radical (unpaired) electrons. The van der Waals surface area contributed by atoms with E-state index in [1.54, 1.807) is 32.4 Å². The van der Waals surface area contributed by atoms with Crippen molar-refractivity contribution >= 4 is 11.9 Å². The van der Waals surface area contributed by atoms with Gasteiger partial charge in [-0.25, -0.2) is 4.79 Å². The van der Waals surface area contributed by atoms with E-state index in [0.29, 0.717) is 25.0 Å². The van der Waals surface area contributed by atoms with Gasteiger partial charge in [0.25, 0.3) is 5.91 Å². The first-order chi connectivity index (χ1) is 12.0. The maximum Gasteiger partial charge on any atom is 0.338 e. The van der Waals surface area contributed by atoms with Gasteiger partial charge in [-0.3, -0.25) is 4.79 Å². The smallest absolute Gasteiger partial charge is 0.338 e. The molecule has 1 aliphatic carbocycles. The average molecular weight is 344 g/mol. The summed E-state index contributed by atoms with van der Waals surface area (Å²) < 4.78 is 10.2. The largest absolute Gasteiger partial charge is 0.452 e. The van der Waals surface area contributed by atoms with Gasteiger partial charge in [0.1, 0.15) is 5.54 Å². The molecule has 0 atom stereocenters. The highest BCUT2D eigenvalue weighted by Crippen LogP contribution is 2.32. The second-order valence-corrected chi connectivity index (χ2v) is 6.37. The number of nitrogens with zero attached hydrogens (tertiary/aromatic N) is 2. The number of ether oxygens (including phenoxy) is 2. The normalized spacial score (nSPS) is 15.9. The number of amides is 1. The van der Waals surface area contributed by atoms with E-state index >= 15 is 0 Å². The SMILES string of the molecule is COCc1cccc(C(=O)OCC(=O)N(C)C2(C#N)CCCCC2)c1. The Morgan fingerprint density at radius 1 is 1.28 bits per heavy atom. The third kappa shape index (κ3) is 4.58. The molecule has 2 rings (SSSR count). The summed E-state index contributed by atoms with van der Waals surface area (Å²) in [5.74, 6) is -0.917. The zero-order valence-electron chi connectivity index (χ0n) is 14.8. The molecule has 0 saturated heterocycles. The van der Waals surface area contributed by atoms with Crippen molar-refractivity contribution in [3.05, 3.63) is 35.4 Å². The molecule has 0 heterocycles. The fourth-order valence-corrected chi connectivity index (χ4v) is 3.16. The van der Waals surface area contributed by atoms with Crippen molar-refractivity contribution in [3.63, 3.8) is 0 Å². The second kappa shape index (κ2) is 8.63. The number of methoxy groups -OCH3 is 1. The van der Waals surface area contributed by atoms with E-state index in [0.717, 1.165) is 24.8 Å². The molecule has 0 unspecified atom stereocenters. The lowest BCUT2D eigenvalue weighted by Crippen LogP contribution is -2.51. The fourth-order valence-electron chi connectivity index (χ4n) is 3.16. The van der Waals surface area contributed by atoms with Gasteiger partial charge in [0.05, 0.1) is 18.2 Å². The van der Waals surface area contributed by atoms with Gasteiger partial charge in [0.2, 0.25) is 0 Å². The van der Waals surface area contributed by atoms with Gasteiger partial charge in [-0.05, 0) is 30.5 Å². The van der Waals surface area contributed by atoms with Gasteiger partial charge in [-0.2, -0.15) is 5.26 Å². The summed E-state index contributed by atoms with van der Waals surface area (Å²) in [5.41, 5.74) is 0.448. The van der Waals surface area contributed by atoms with Crippen LogP contribution in [0.4, 0.5) is 0 Å². The highest BCUT2D eigenvalue weighted by Gasteiger charge is 2.39. The van der Waals surface area contributed by atoms with Gasteiger partial charge in [-0.15, -0.1) is 0 Å². The third-order valence-electron chi connectivity index (χ3n) is 4.71. The molecule has 6 nitrogen and oxygen atoms in total. The predicted octanol–water partition coefficient (Wildman–Crippen LogP) is 2.67. The number of esters is 1. The highest BCUT2D eigenvalue weighted by atomic mass is 16.5. The minimum Gasteiger partial charge on any atom is -0.452 e. The summed E-state index contributed by atoms with van der Waals surface area (Å²) in [6, 6.07) is 9.19. The van der Waals surface area contributed by atoms with E-state index in [1.807, 2.05) is 6.07 Å². The van der Waals surface area contributed by atoms with E-state index in [-0.39, 0.29) is 12.5 Å². The maximum atomic E-state index is 12.4. The number of carbonyl (C=O) groups excluding carboxylic acids is 2. The zero-order valence-corrected chi connectivity index (χ0v) is 14.8. The Balaban J connectivity index is 1.95. The highest BCUT2D eigenvalue weighted by molar-refractivity contribution is 5.91. The van der Waals surface area contributed by atoms with Crippen molar-refractivity contribution in [1.82, 2.24) is 4.90 Å². The number of rotatable bonds is 6. The first-order valence-electron chi connectivity index (χ1n) is 8.45. The Bertz CT molecular complexity index is 660. The molecule has 1 saturated carbocycles. The van der Waals surface area contributed by atoms with Gasteiger partial charge in [0.15, 0.2) is 6.61 Å². The van der Waals surface area contributed by atoms with Crippen molar-refractivity contribution in [2.45, 2.75) is 44.2 Å². The number of hydrogen-bond donors (Lipinski definition) is 0. The Hall–Kier alpha value is -2.39. The number of hydrogen-bond acceptors (Lipinski definition) is 5. The van der Waals surface area contributed by atoms with Crippen molar-refractivity contribution < 1.29 is 19.1 Å². The topological polar surface area (TPSA) is 79.6 Å². The monoisotopic (exact) mass is 344 g/mol. The van der Waals surface area contributed by atoms with Gasteiger partial charge >= 0.3 is 5.97 Å². The Morgan fingerprint density at radius 3 is 2.64 bits per heavy atom. The minimum absolute atomic E-state index is 0.357. The van der Waals surface area contributed by atoms with E-state index in [9.17, 15) is 14.9 Å². The first kappa shape index (κ1) is 18.9. The van der Waals surface area contributed by atoms with Crippen LogP contribution in [0.25, 0.3) is 0 Å². The lowest BCUT2D eigenvalue weighted by Gasteiger charge is -2.38. The van der Waals surface area contributed by atoms with Gasteiger partial charge < -0.3 is 14.4 Å². The third-order valence-corrected chi connectivity index (χ3v) is 4.71. The summed E-state index contributed by atoms with van der Waals surface area (Å²) >= 11 is 0. The van der Waals surface area contributed by atoms with Crippen LogP contribution in [0.1, 0.15) is 48.0 Å². The van der Waals surface area contributed by atoms with Crippen molar-refractivity contribution in [1.29, 1.82) is 5.26 Å². The fraction of sp³-hybridized carbons (Fsp3) is 0.526. The lowest BCUT2D eigenvalue weighted by atomic mass is 9.81. The summed E-state index contributed by atoms with van der Waals surface area (Å²) in [5, 5.41) is 9.53. The predicted molar refractivity (Wildman–Crippen MR) is 91.6 cm³/mol. The second-order valence-electron chi connectivity index (χ2n) is 6.37. The number of carbonyl (C=O) groups is 2. The van der Waals surface area contributed by atoms with Crippen LogP contribution < -0.4 is 0 Å². The molecule has 1 aromatic carbocycles. The number of benzene rings is 1. The summed E-state index contributed by atoms with van der Waals surface area (Å²) in [6.45, 7) is 0.0285. The molecule has 0 aliphatic heterocycles. The molecule has 6 heteroatoms. The summed E-state index contributed by atoms with van der Waals surface area (Å²) in [7, 11) is 3.19. The van der Waals surface area contributed by atoms with Crippen molar-refractivity contribution in [2.24, 2.45) is 0 Å². The standard InChI is InChI=1S/C19H24N2O4/c1-21(19(14-20)9-4-3-5-10-19)17(22)13-25-18(23)16-8-6-7-15(11-16)12-24-2/h6-8,11H,3-5,9-10,12-13H2,1-2H3. The van der Waals surface area contributed by atoms with Crippen LogP contribution in [0.15, 0.2) is 24.3 Å². The van der Waals surface area contributed by atoms with Crippen LogP contribution in [0.5, 0.6) is 0 Å². The zero-order chi connectivity index (χ0) is 18.3. The molecular weight excluding hydrogens is 320 g/mol. The van der Waals surface area contributed by atoms with Crippen LogP contribution in [0, 0.1) is 11.3 Å². The molecule has 1 aliphatic rings. The average Bonchev–Trinajstić information content (AvgIpc) is 2.66. The molecule has 134 valence electrons. The van der Waals surface area contributed by atoms with E-state index < -0.39 is 11.5 Å². The molecule has 25 heavy (non-hydrogen) atoms. The Kier molecular flexibility index (Phi) is 6.54. The minimum atomic E-state index is -0.778. The lowest BCUT2D eigenvalue weighted by molar-refractivity contribution is -0.138.